The van der Waals surface area contributed by atoms with Crippen LogP contribution >= 0.6 is 23.2 Å². The molecule has 0 aliphatic rings. The monoisotopic (exact) mass is 371 g/mol. The van der Waals surface area contributed by atoms with Crippen molar-refractivity contribution in [3.63, 3.8) is 0 Å². The Hall–Kier alpha value is -2.05. The third-order valence-electron chi connectivity index (χ3n) is 3.39. The van der Waals surface area contributed by atoms with Gasteiger partial charge in [-0.15, -0.1) is 0 Å². The second kappa shape index (κ2) is 6.11. The second-order valence-electron chi connectivity index (χ2n) is 5.10. The zero-order chi connectivity index (χ0) is 17.5. The van der Waals surface area contributed by atoms with Crippen LogP contribution in [-0.2, 0) is 6.18 Å². The highest BCUT2D eigenvalue weighted by atomic mass is 35.5. The molecule has 0 atom stereocenters. The van der Waals surface area contributed by atoms with Crippen LogP contribution in [0.15, 0.2) is 42.6 Å². The summed E-state index contributed by atoms with van der Waals surface area (Å²) in [5, 5.41) is 4.53. The molecule has 2 heterocycles. The van der Waals surface area contributed by atoms with Crippen LogP contribution in [0.2, 0.25) is 10.0 Å². The smallest absolute Gasteiger partial charge is 0.229 e. The number of halogens is 5. The zero-order valence-electron chi connectivity index (χ0n) is 12.3. The largest absolute Gasteiger partial charge is 0.433 e. The second-order valence-corrected chi connectivity index (χ2v) is 5.91. The first-order chi connectivity index (χ1) is 11.3. The fourth-order valence-corrected chi connectivity index (χ4v) is 2.60. The summed E-state index contributed by atoms with van der Waals surface area (Å²) in [5.74, 6) is 0.0685. The first kappa shape index (κ1) is 16.8. The SMILES string of the molecule is Cc1cnn(-c2cccc(-c3ccc(Cl)c(Cl)c3)n2)c1C(F)(F)F. The molecule has 2 aromatic heterocycles. The van der Waals surface area contributed by atoms with Crippen LogP contribution < -0.4 is 0 Å². The van der Waals surface area contributed by atoms with E-state index in [2.05, 4.69) is 10.1 Å². The highest BCUT2D eigenvalue weighted by Gasteiger charge is 2.37. The van der Waals surface area contributed by atoms with E-state index in [0.29, 0.717) is 21.3 Å². The van der Waals surface area contributed by atoms with Crippen molar-refractivity contribution in [2.75, 3.05) is 0 Å². The average molecular weight is 372 g/mol. The summed E-state index contributed by atoms with van der Waals surface area (Å²) in [7, 11) is 0. The molecule has 0 saturated carbocycles. The number of pyridine rings is 1. The van der Waals surface area contributed by atoms with Gasteiger partial charge >= 0.3 is 6.18 Å². The van der Waals surface area contributed by atoms with E-state index >= 15 is 0 Å². The highest BCUT2D eigenvalue weighted by Crippen LogP contribution is 2.33. The molecule has 0 aliphatic heterocycles. The number of benzene rings is 1. The van der Waals surface area contributed by atoms with Gasteiger partial charge in [-0.3, -0.25) is 0 Å². The van der Waals surface area contributed by atoms with Gasteiger partial charge in [0.25, 0.3) is 0 Å². The Morgan fingerprint density at radius 2 is 1.79 bits per heavy atom. The van der Waals surface area contributed by atoms with Gasteiger partial charge in [-0.05, 0) is 36.8 Å². The lowest BCUT2D eigenvalue weighted by molar-refractivity contribution is -0.143. The van der Waals surface area contributed by atoms with Gasteiger partial charge in [0.2, 0.25) is 0 Å². The number of nitrogens with zero attached hydrogens (tertiary/aromatic N) is 3. The molecule has 0 N–H and O–H groups in total. The molecular weight excluding hydrogens is 362 g/mol. The lowest BCUT2D eigenvalue weighted by atomic mass is 10.1. The van der Waals surface area contributed by atoms with Gasteiger partial charge in [0, 0.05) is 5.56 Å². The lowest BCUT2D eigenvalue weighted by Gasteiger charge is -2.12. The van der Waals surface area contributed by atoms with Crippen LogP contribution in [0.3, 0.4) is 0 Å². The zero-order valence-corrected chi connectivity index (χ0v) is 13.8. The van der Waals surface area contributed by atoms with Gasteiger partial charge in [-0.1, -0.05) is 35.3 Å². The molecule has 3 rings (SSSR count). The molecular formula is C16H10Cl2F3N3. The van der Waals surface area contributed by atoms with Crippen molar-refractivity contribution >= 4 is 23.2 Å². The minimum atomic E-state index is -4.53. The Kier molecular flexibility index (Phi) is 4.27. The first-order valence-corrected chi connectivity index (χ1v) is 7.57. The van der Waals surface area contributed by atoms with Crippen LogP contribution in [0.4, 0.5) is 13.2 Å². The molecule has 0 saturated heterocycles. The molecule has 3 aromatic rings. The van der Waals surface area contributed by atoms with Gasteiger partial charge in [-0.25, -0.2) is 9.67 Å². The summed E-state index contributed by atoms with van der Waals surface area (Å²) in [6, 6.07) is 9.65. The number of hydrogen-bond acceptors (Lipinski definition) is 2. The average Bonchev–Trinajstić information content (AvgIpc) is 2.92. The van der Waals surface area contributed by atoms with E-state index in [0.717, 1.165) is 10.9 Å². The first-order valence-electron chi connectivity index (χ1n) is 6.82. The van der Waals surface area contributed by atoms with E-state index in [1.54, 1.807) is 30.3 Å². The van der Waals surface area contributed by atoms with Gasteiger partial charge in [-0.2, -0.15) is 18.3 Å². The third-order valence-corrected chi connectivity index (χ3v) is 4.13. The van der Waals surface area contributed by atoms with Crippen molar-refractivity contribution in [3.05, 3.63) is 63.9 Å². The van der Waals surface area contributed by atoms with Crippen molar-refractivity contribution < 1.29 is 13.2 Å². The van der Waals surface area contributed by atoms with E-state index in [1.165, 1.54) is 13.0 Å². The third kappa shape index (κ3) is 3.12. The molecule has 0 spiro atoms. The molecule has 0 radical (unpaired) electrons. The van der Waals surface area contributed by atoms with Crippen molar-refractivity contribution in [2.24, 2.45) is 0 Å². The Bertz CT molecular complexity index is 904. The van der Waals surface area contributed by atoms with E-state index in [-0.39, 0.29) is 11.4 Å². The summed E-state index contributed by atoms with van der Waals surface area (Å²) >= 11 is 11.9. The van der Waals surface area contributed by atoms with Gasteiger partial charge in [0.15, 0.2) is 11.5 Å². The van der Waals surface area contributed by atoms with Gasteiger partial charge < -0.3 is 0 Å². The minimum Gasteiger partial charge on any atom is -0.229 e. The van der Waals surface area contributed by atoms with Gasteiger partial charge in [0.1, 0.15) is 0 Å². The molecule has 0 aliphatic carbocycles. The lowest BCUT2D eigenvalue weighted by Crippen LogP contribution is -2.15. The molecule has 24 heavy (non-hydrogen) atoms. The Morgan fingerprint density at radius 1 is 1.04 bits per heavy atom. The number of aromatic nitrogens is 3. The fraction of sp³-hybridized carbons (Fsp3) is 0.125. The maximum atomic E-state index is 13.2. The molecule has 1 aromatic carbocycles. The maximum Gasteiger partial charge on any atom is 0.433 e. The maximum absolute atomic E-state index is 13.2. The van der Waals surface area contributed by atoms with E-state index < -0.39 is 11.9 Å². The number of rotatable bonds is 2. The summed E-state index contributed by atoms with van der Waals surface area (Å²) in [4.78, 5) is 4.27. The summed E-state index contributed by atoms with van der Waals surface area (Å²) in [5.41, 5.74) is 0.293. The molecule has 0 bridgehead atoms. The van der Waals surface area contributed by atoms with E-state index in [1.807, 2.05) is 0 Å². The summed E-state index contributed by atoms with van der Waals surface area (Å²) in [6.45, 7) is 1.36. The Morgan fingerprint density at radius 3 is 2.46 bits per heavy atom. The normalized spacial score (nSPS) is 11.8. The van der Waals surface area contributed by atoms with E-state index in [9.17, 15) is 13.2 Å². The standard InChI is InChI=1S/C16H10Cl2F3N3/c1-9-8-22-24(15(9)16(19,20)21)14-4-2-3-13(23-14)10-5-6-11(17)12(18)7-10/h2-8H,1H3. The highest BCUT2D eigenvalue weighted by molar-refractivity contribution is 6.42. The van der Waals surface area contributed by atoms with Gasteiger partial charge in [0.05, 0.1) is 21.9 Å². The number of alkyl halides is 3. The topological polar surface area (TPSA) is 30.7 Å². The van der Waals surface area contributed by atoms with Crippen LogP contribution in [0.5, 0.6) is 0 Å². The van der Waals surface area contributed by atoms with Crippen LogP contribution in [-0.4, -0.2) is 14.8 Å². The molecule has 8 heteroatoms. The van der Waals surface area contributed by atoms with Crippen molar-refractivity contribution in [2.45, 2.75) is 13.1 Å². The molecule has 124 valence electrons. The predicted octanol–water partition coefficient (Wildman–Crippen LogP) is 5.57. The molecule has 0 fully saturated rings. The van der Waals surface area contributed by atoms with E-state index in [4.69, 9.17) is 23.2 Å². The number of aryl methyl sites for hydroxylation is 1. The Labute approximate surface area is 145 Å². The fourth-order valence-electron chi connectivity index (χ4n) is 2.31. The molecule has 0 amide bonds. The Balaban J connectivity index is 2.11. The van der Waals surface area contributed by atoms with Crippen molar-refractivity contribution in [3.8, 4) is 17.1 Å². The molecule has 0 unspecified atom stereocenters. The summed E-state index contributed by atoms with van der Waals surface area (Å²) in [6.07, 6.45) is -3.36. The van der Waals surface area contributed by atoms with Crippen molar-refractivity contribution in [1.29, 1.82) is 0 Å². The quantitative estimate of drug-likeness (QED) is 0.589. The van der Waals surface area contributed by atoms with Crippen LogP contribution in [0.25, 0.3) is 17.1 Å². The van der Waals surface area contributed by atoms with Crippen molar-refractivity contribution in [1.82, 2.24) is 14.8 Å². The predicted molar refractivity (Wildman–Crippen MR) is 86.6 cm³/mol. The van der Waals surface area contributed by atoms with Crippen LogP contribution in [0.1, 0.15) is 11.3 Å². The molecule has 3 nitrogen and oxygen atoms in total. The minimum absolute atomic E-state index is 0.0317. The van der Waals surface area contributed by atoms with Crippen LogP contribution in [0, 0.1) is 6.92 Å². The summed E-state index contributed by atoms with van der Waals surface area (Å²) < 4.78 is 40.5. The number of hydrogen-bond donors (Lipinski definition) is 0.